The first-order chi connectivity index (χ1) is 15.9. The number of aliphatic hydroxyl groups excluding tert-OH is 1. The van der Waals surface area contributed by atoms with E-state index in [1.165, 1.54) is 5.56 Å². The van der Waals surface area contributed by atoms with Gasteiger partial charge in [-0.3, -0.25) is 0 Å². The Labute approximate surface area is 203 Å². The highest BCUT2D eigenvalue weighted by Gasteiger charge is 2.16. The maximum absolute atomic E-state index is 10.7. The Morgan fingerprint density at radius 2 is 1.73 bits per heavy atom. The molecule has 0 bridgehead atoms. The number of benzene rings is 3. The average Bonchev–Trinajstić information content (AvgIpc) is 3.14. The van der Waals surface area contributed by atoms with Crippen LogP contribution in [0.25, 0.3) is 11.0 Å². The minimum Gasteiger partial charge on any atom is -0.491 e. The van der Waals surface area contributed by atoms with Crippen molar-refractivity contribution < 1.29 is 14.6 Å². The van der Waals surface area contributed by atoms with E-state index >= 15 is 0 Å². The van der Waals surface area contributed by atoms with E-state index in [9.17, 15) is 5.11 Å². The molecule has 33 heavy (non-hydrogen) atoms. The van der Waals surface area contributed by atoms with Crippen LogP contribution in [0.5, 0.6) is 11.5 Å². The van der Waals surface area contributed by atoms with Crippen molar-refractivity contribution in [1.82, 2.24) is 9.55 Å². The summed E-state index contributed by atoms with van der Waals surface area (Å²) in [6.45, 7) is 4.98. The minimum atomic E-state index is -0.731. The van der Waals surface area contributed by atoms with Crippen LogP contribution >= 0.6 is 23.2 Å². The van der Waals surface area contributed by atoms with Gasteiger partial charge in [0, 0.05) is 5.02 Å². The number of aromatic nitrogens is 2. The molecule has 4 rings (SSSR count). The number of nitrogens with zero attached hydrogens (tertiary/aromatic N) is 2. The molecule has 172 valence electrons. The summed E-state index contributed by atoms with van der Waals surface area (Å²) in [7, 11) is 0. The first-order valence-corrected chi connectivity index (χ1v) is 11.6. The maximum atomic E-state index is 10.7. The Kier molecular flexibility index (Phi) is 7.43. The van der Waals surface area contributed by atoms with Crippen molar-refractivity contribution in [3.63, 3.8) is 0 Å². The SMILES string of the molecule is CC(C)c1ccc(OCC(O)Cn2c(COc3ccc(Cl)cc3Cl)nc3ccccc32)cc1. The molecule has 1 unspecified atom stereocenters. The Hall–Kier alpha value is -2.73. The summed E-state index contributed by atoms with van der Waals surface area (Å²) < 4.78 is 13.7. The van der Waals surface area contributed by atoms with Gasteiger partial charge in [0.1, 0.15) is 36.6 Å². The van der Waals surface area contributed by atoms with Gasteiger partial charge >= 0.3 is 0 Å². The number of halogens is 2. The van der Waals surface area contributed by atoms with Gasteiger partial charge in [0.25, 0.3) is 0 Å². The van der Waals surface area contributed by atoms with Crippen LogP contribution in [0.15, 0.2) is 66.7 Å². The van der Waals surface area contributed by atoms with Crippen LogP contribution in [-0.2, 0) is 13.2 Å². The van der Waals surface area contributed by atoms with E-state index in [1.807, 2.05) is 53.1 Å². The molecule has 1 heterocycles. The molecule has 0 fully saturated rings. The number of fused-ring (bicyclic) bond motifs is 1. The fourth-order valence-corrected chi connectivity index (χ4v) is 4.04. The standard InChI is InChI=1S/C26H26Cl2N2O3/c1-17(2)18-7-10-21(11-8-18)32-15-20(31)14-30-24-6-4-3-5-23(24)29-26(30)16-33-25-12-9-19(27)13-22(25)28/h3-13,17,20,31H,14-16H2,1-2H3. The van der Waals surface area contributed by atoms with Gasteiger partial charge in [-0.2, -0.15) is 0 Å². The van der Waals surface area contributed by atoms with E-state index in [4.69, 9.17) is 32.7 Å². The lowest BCUT2D eigenvalue weighted by Crippen LogP contribution is -2.25. The quantitative estimate of drug-likeness (QED) is 0.295. The van der Waals surface area contributed by atoms with Gasteiger partial charge in [-0.15, -0.1) is 0 Å². The zero-order valence-electron chi connectivity index (χ0n) is 18.5. The summed E-state index contributed by atoms with van der Waals surface area (Å²) in [4.78, 5) is 4.69. The summed E-state index contributed by atoms with van der Waals surface area (Å²) >= 11 is 12.2. The first-order valence-electron chi connectivity index (χ1n) is 10.8. The van der Waals surface area contributed by atoms with E-state index in [0.717, 1.165) is 16.8 Å². The molecule has 0 saturated heterocycles. The van der Waals surface area contributed by atoms with Crippen molar-refractivity contribution in [2.45, 2.75) is 39.0 Å². The van der Waals surface area contributed by atoms with E-state index < -0.39 is 6.10 Å². The molecule has 0 aliphatic rings. The van der Waals surface area contributed by atoms with Crippen LogP contribution < -0.4 is 9.47 Å². The summed E-state index contributed by atoms with van der Waals surface area (Å²) in [6.07, 6.45) is -0.731. The van der Waals surface area contributed by atoms with E-state index in [2.05, 4.69) is 18.8 Å². The largest absolute Gasteiger partial charge is 0.491 e. The van der Waals surface area contributed by atoms with Gasteiger partial charge in [-0.1, -0.05) is 61.3 Å². The first kappa shape index (κ1) is 23.4. The second kappa shape index (κ2) is 10.5. The molecule has 1 atom stereocenters. The predicted octanol–water partition coefficient (Wildman–Crippen LogP) is 6.49. The second-order valence-electron chi connectivity index (χ2n) is 8.18. The Bertz CT molecular complexity index is 1220. The lowest BCUT2D eigenvalue weighted by Gasteiger charge is -2.16. The number of para-hydroxylation sites is 2. The summed E-state index contributed by atoms with van der Waals surface area (Å²) in [5, 5.41) is 11.7. The molecule has 0 amide bonds. The summed E-state index contributed by atoms with van der Waals surface area (Å²) in [5.74, 6) is 2.40. The minimum absolute atomic E-state index is 0.164. The number of hydrogen-bond acceptors (Lipinski definition) is 4. The normalized spacial score (nSPS) is 12.3. The lowest BCUT2D eigenvalue weighted by atomic mass is 10.0. The highest BCUT2D eigenvalue weighted by molar-refractivity contribution is 6.35. The van der Waals surface area contributed by atoms with Crippen molar-refractivity contribution in [3.8, 4) is 11.5 Å². The maximum Gasteiger partial charge on any atom is 0.148 e. The van der Waals surface area contributed by atoms with Crippen LogP contribution in [0.1, 0.15) is 31.2 Å². The number of ether oxygens (including phenoxy) is 2. The monoisotopic (exact) mass is 484 g/mol. The number of rotatable bonds is 9. The van der Waals surface area contributed by atoms with Gasteiger partial charge < -0.3 is 19.1 Å². The number of hydrogen-bond donors (Lipinski definition) is 1. The smallest absolute Gasteiger partial charge is 0.148 e. The van der Waals surface area contributed by atoms with Crippen molar-refractivity contribution in [1.29, 1.82) is 0 Å². The molecule has 0 saturated carbocycles. The Morgan fingerprint density at radius 3 is 2.45 bits per heavy atom. The molecule has 3 aromatic carbocycles. The highest BCUT2D eigenvalue weighted by Crippen LogP contribution is 2.28. The van der Waals surface area contributed by atoms with Crippen LogP contribution in [0.2, 0.25) is 10.0 Å². The van der Waals surface area contributed by atoms with E-state index in [1.54, 1.807) is 18.2 Å². The van der Waals surface area contributed by atoms with Gasteiger partial charge in [0.15, 0.2) is 0 Å². The van der Waals surface area contributed by atoms with Crippen LogP contribution in [0.3, 0.4) is 0 Å². The summed E-state index contributed by atoms with van der Waals surface area (Å²) in [5.41, 5.74) is 2.99. The molecule has 7 heteroatoms. The Balaban J connectivity index is 1.46. The highest BCUT2D eigenvalue weighted by atomic mass is 35.5. The molecular weight excluding hydrogens is 459 g/mol. The molecular formula is C26H26Cl2N2O3. The van der Waals surface area contributed by atoms with E-state index in [0.29, 0.717) is 34.1 Å². The van der Waals surface area contributed by atoms with Crippen LogP contribution in [0.4, 0.5) is 0 Å². The molecule has 0 radical (unpaired) electrons. The molecule has 0 aliphatic carbocycles. The van der Waals surface area contributed by atoms with Crippen molar-refractivity contribution in [2.24, 2.45) is 0 Å². The third-order valence-corrected chi connectivity index (χ3v) is 5.90. The Morgan fingerprint density at radius 1 is 0.970 bits per heavy atom. The van der Waals surface area contributed by atoms with Crippen LogP contribution in [-0.4, -0.2) is 27.4 Å². The molecule has 4 aromatic rings. The van der Waals surface area contributed by atoms with Gasteiger partial charge in [0.2, 0.25) is 0 Å². The second-order valence-corrected chi connectivity index (χ2v) is 9.02. The number of aliphatic hydroxyl groups is 1. The summed E-state index contributed by atoms with van der Waals surface area (Å²) in [6, 6.07) is 20.8. The zero-order chi connectivity index (χ0) is 23.4. The third kappa shape index (κ3) is 5.80. The van der Waals surface area contributed by atoms with Gasteiger partial charge in [-0.05, 0) is 53.9 Å². The fraction of sp³-hybridized carbons (Fsp3) is 0.269. The zero-order valence-corrected chi connectivity index (χ0v) is 20.1. The molecule has 5 nitrogen and oxygen atoms in total. The van der Waals surface area contributed by atoms with Crippen molar-refractivity contribution in [3.05, 3.63) is 88.2 Å². The fourth-order valence-electron chi connectivity index (χ4n) is 3.58. The molecule has 0 spiro atoms. The van der Waals surface area contributed by atoms with E-state index in [-0.39, 0.29) is 13.2 Å². The third-order valence-electron chi connectivity index (χ3n) is 5.37. The number of imidazole rings is 1. The molecule has 1 N–H and O–H groups in total. The van der Waals surface area contributed by atoms with Crippen LogP contribution in [0, 0.1) is 0 Å². The van der Waals surface area contributed by atoms with Crippen molar-refractivity contribution in [2.75, 3.05) is 6.61 Å². The average molecular weight is 485 g/mol. The molecule has 1 aromatic heterocycles. The predicted molar refractivity (Wildman–Crippen MR) is 133 cm³/mol. The topological polar surface area (TPSA) is 56.5 Å². The van der Waals surface area contributed by atoms with Gasteiger partial charge in [0.05, 0.1) is 22.6 Å². The van der Waals surface area contributed by atoms with Crippen molar-refractivity contribution >= 4 is 34.2 Å². The molecule has 0 aliphatic heterocycles. The lowest BCUT2D eigenvalue weighted by molar-refractivity contribution is 0.0917. The van der Waals surface area contributed by atoms with Gasteiger partial charge in [-0.25, -0.2) is 4.98 Å².